The minimum atomic E-state index is 0.464. The van der Waals surface area contributed by atoms with Gasteiger partial charge in [0.25, 0.3) is 0 Å². The molecule has 3 heteroatoms. The summed E-state index contributed by atoms with van der Waals surface area (Å²) in [5, 5.41) is 0. The van der Waals surface area contributed by atoms with Crippen molar-refractivity contribution < 1.29 is 4.74 Å². The average Bonchev–Trinajstić information content (AvgIpc) is 2.31. The summed E-state index contributed by atoms with van der Waals surface area (Å²) in [4.78, 5) is 0. The van der Waals surface area contributed by atoms with Gasteiger partial charge in [-0.15, -0.1) is 0 Å². The summed E-state index contributed by atoms with van der Waals surface area (Å²) in [7, 11) is 1.85. The van der Waals surface area contributed by atoms with Gasteiger partial charge in [-0.1, -0.05) is 13.3 Å². The highest BCUT2D eigenvalue weighted by atomic mass is 16.5. The van der Waals surface area contributed by atoms with Gasteiger partial charge in [0.1, 0.15) is 0 Å². The van der Waals surface area contributed by atoms with Crippen LogP contribution in [0.15, 0.2) is 11.3 Å². The van der Waals surface area contributed by atoms with Gasteiger partial charge in [0.05, 0.1) is 6.10 Å². The molecule has 0 bridgehead atoms. The standard InChI is InChI=1S/C14H26N2O/c1-4-14-13-7-5-6-11(17-3)8-9-12(13)10(2)15-16-14/h11,13-16H,4-9H2,1-3H3. The minimum Gasteiger partial charge on any atom is -0.381 e. The van der Waals surface area contributed by atoms with Gasteiger partial charge in [-0.25, -0.2) is 5.43 Å². The largest absolute Gasteiger partial charge is 0.381 e. The Balaban J connectivity index is 2.12. The van der Waals surface area contributed by atoms with Crippen LogP contribution in [0.5, 0.6) is 0 Å². The van der Waals surface area contributed by atoms with E-state index in [0.29, 0.717) is 12.1 Å². The molecule has 98 valence electrons. The van der Waals surface area contributed by atoms with Crippen molar-refractivity contribution in [2.45, 2.75) is 64.5 Å². The molecule has 2 rings (SSSR count). The number of hydrogen-bond acceptors (Lipinski definition) is 3. The maximum atomic E-state index is 5.54. The first-order valence-corrected chi connectivity index (χ1v) is 7.00. The molecule has 0 saturated heterocycles. The van der Waals surface area contributed by atoms with Crippen molar-refractivity contribution in [2.75, 3.05) is 7.11 Å². The van der Waals surface area contributed by atoms with Crippen LogP contribution in [0, 0.1) is 5.92 Å². The van der Waals surface area contributed by atoms with Crippen molar-refractivity contribution in [3.05, 3.63) is 11.3 Å². The molecule has 17 heavy (non-hydrogen) atoms. The molecule has 0 spiro atoms. The fraction of sp³-hybridized carbons (Fsp3) is 0.857. The average molecular weight is 238 g/mol. The summed E-state index contributed by atoms with van der Waals surface area (Å²) < 4.78 is 5.54. The first-order chi connectivity index (χ1) is 8.26. The second-order valence-electron chi connectivity index (χ2n) is 5.37. The zero-order chi connectivity index (χ0) is 12.3. The molecule has 0 radical (unpaired) electrons. The summed E-state index contributed by atoms with van der Waals surface area (Å²) in [6.07, 6.45) is 7.85. The summed E-state index contributed by atoms with van der Waals surface area (Å²) in [6.45, 7) is 4.47. The lowest BCUT2D eigenvalue weighted by atomic mass is 9.79. The third-order valence-corrected chi connectivity index (χ3v) is 4.41. The molecular weight excluding hydrogens is 212 g/mol. The topological polar surface area (TPSA) is 33.3 Å². The number of hydrazine groups is 1. The van der Waals surface area contributed by atoms with Crippen LogP contribution in [0.1, 0.15) is 52.4 Å². The molecule has 1 fully saturated rings. The van der Waals surface area contributed by atoms with Gasteiger partial charge in [0.2, 0.25) is 0 Å². The number of rotatable bonds is 2. The smallest absolute Gasteiger partial charge is 0.0574 e. The molecule has 1 aliphatic heterocycles. The van der Waals surface area contributed by atoms with E-state index in [9.17, 15) is 0 Å². The van der Waals surface area contributed by atoms with Gasteiger partial charge in [0.15, 0.2) is 0 Å². The van der Waals surface area contributed by atoms with E-state index in [4.69, 9.17) is 4.74 Å². The molecule has 1 saturated carbocycles. The fourth-order valence-corrected chi connectivity index (χ4v) is 3.30. The highest BCUT2D eigenvalue weighted by Crippen LogP contribution is 2.34. The minimum absolute atomic E-state index is 0.464. The molecule has 0 aromatic rings. The Morgan fingerprint density at radius 3 is 2.82 bits per heavy atom. The molecular formula is C14H26N2O. The summed E-state index contributed by atoms with van der Waals surface area (Å²) >= 11 is 0. The predicted molar refractivity (Wildman–Crippen MR) is 70.4 cm³/mol. The van der Waals surface area contributed by atoms with Crippen LogP contribution in [0.3, 0.4) is 0 Å². The van der Waals surface area contributed by atoms with E-state index in [1.54, 1.807) is 5.57 Å². The summed E-state index contributed by atoms with van der Waals surface area (Å²) in [5.41, 5.74) is 9.78. The van der Waals surface area contributed by atoms with Gasteiger partial charge in [-0.05, 0) is 50.5 Å². The quantitative estimate of drug-likeness (QED) is 0.776. The predicted octanol–water partition coefficient (Wildman–Crippen LogP) is 2.74. The molecule has 1 aliphatic carbocycles. The highest BCUT2D eigenvalue weighted by Gasteiger charge is 2.30. The second kappa shape index (κ2) is 5.87. The lowest BCUT2D eigenvalue weighted by Crippen LogP contribution is -2.49. The Hall–Kier alpha value is -0.540. The highest BCUT2D eigenvalue weighted by molar-refractivity contribution is 5.19. The SMILES string of the molecule is CCC1NNC(C)=C2CCC(OC)CCCC21. The third kappa shape index (κ3) is 2.83. The van der Waals surface area contributed by atoms with Crippen LogP contribution < -0.4 is 10.9 Å². The van der Waals surface area contributed by atoms with Crippen molar-refractivity contribution in [2.24, 2.45) is 5.92 Å². The van der Waals surface area contributed by atoms with Crippen molar-refractivity contribution in [3.8, 4) is 0 Å². The molecule has 3 nitrogen and oxygen atoms in total. The maximum absolute atomic E-state index is 5.54. The third-order valence-electron chi connectivity index (χ3n) is 4.41. The monoisotopic (exact) mass is 238 g/mol. The molecule has 0 amide bonds. The summed E-state index contributed by atoms with van der Waals surface area (Å²) in [5.74, 6) is 0.735. The maximum Gasteiger partial charge on any atom is 0.0574 e. The number of methoxy groups -OCH3 is 1. The number of ether oxygens (including phenoxy) is 1. The fourth-order valence-electron chi connectivity index (χ4n) is 3.30. The number of fused-ring (bicyclic) bond motifs is 1. The molecule has 2 aliphatic rings. The first-order valence-electron chi connectivity index (χ1n) is 7.00. The first kappa shape index (κ1) is 12.9. The van der Waals surface area contributed by atoms with Crippen LogP contribution in [0.2, 0.25) is 0 Å². The Labute approximate surface area is 105 Å². The number of allylic oxidation sites excluding steroid dienone is 1. The van der Waals surface area contributed by atoms with Crippen molar-refractivity contribution in [1.82, 2.24) is 10.9 Å². The van der Waals surface area contributed by atoms with Gasteiger partial charge in [0, 0.05) is 18.8 Å². The van der Waals surface area contributed by atoms with E-state index in [1.807, 2.05) is 7.11 Å². The number of nitrogens with one attached hydrogen (secondary N) is 2. The van der Waals surface area contributed by atoms with Crippen molar-refractivity contribution >= 4 is 0 Å². The van der Waals surface area contributed by atoms with E-state index in [2.05, 4.69) is 24.7 Å². The van der Waals surface area contributed by atoms with Crippen LogP contribution in [-0.4, -0.2) is 19.3 Å². The summed E-state index contributed by atoms with van der Waals surface area (Å²) in [6, 6.07) is 0.604. The molecule has 0 aromatic heterocycles. The molecule has 3 unspecified atom stereocenters. The Morgan fingerprint density at radius 1 is 1.29 bits per heavy atom. The van der Waals surface area contributed by atoms with Gasteiger partial charge in [-0.2, -0.15) is 0 Å². The van der Waals surface area contributed by atoms with Crippen molar-refractivity contribution in [3.63, 3.8) is 0 Å². The number of hydrogen-bond donors (Lipinski definition) is 2. The zero-order valence-corrected chi connectivity index (χ0v) is 11.4. The molecule has 1 heterocycles. The van der Waals surface area contributed by atoms with E-state index in [0.717, 1.165) is 5.92 Å². The Kier molecular flexibility index (Phi) is 4.46. The zero-order valence-electron chi connectivity index (χ0n) is 11.4. The van der Waals surface area contributed by atoms with E-state index < -0.39 is 0 Å². The van der Waals surface area contributed by atoms with E-state index in [-0.39, 0.29) is 0 Å². The van der Waals surface area contributed by atoms with Crippen LogP contribution in [0.25, 0.3) is 0 Å². The molecule has 3 atom stereocenters. The lowest BCUT2D eigenvalue weighted by Gasteiger charge is -2.38. The van der Waals surface area contributed by atoms with Crippen LogP contribution in [0.4, 0.5) is 0 Å². The van der Waals surface area contributed by atoms with Crippen LogP contribution in [-0.2, 0) is 4.74 Å². The van der Waals surface area contributed by atoms with Gasteiger partial charge in [-0.3, -0.25) is 0 Å². The van der Waals surface area contributed by atoms with Crippen molar-refractivity contribution in [1.29, 1.82) is 0 Å². The molecule has 0 aromatic carbocycles. The van der Waals surface area contributed by atoms with E-state index in [1.165, 1.54) is 44.2 Å². The normalized spacial score (nSPS) is 34.6. The van der Waals surface area contributed by atoms with E-state index >= 15 is 0 Å². The Morgan fingerprint density at radius 2 is 2.12 bits per heavy atom. The van der Waals surface area contributed by atoms with Gasteiger partial charge < -0.3 is 10.2 Å². The molecule has 2 N–H and O–H groups in total. The van der Waals surface area contributed by atoms with Crippen LogP contribution >= 0.6 is 0 Å². The lowest BCUT2D eigenvalue weighted by molar-refractivity contribution is 0.0783. The van der Waals surface area contributed by atoms with Gasteiger partial charge >= 0.3 is 0 Å². The Bertz CT molecular complexity index is 288. The second-order valence-corrected chi connectivity index (χ2v) is 5.37.